The molecule has 4 heteroatoms. The molecule has 88 valence electrons. The third kappa shape index (κ3) is 2.46. The minimum absolute atomic E-state index is 0.157. The van der Waals surface area contributed by atoms with Gasteiger partial charge >= 0.3 is 6.03 Å². The Hall–Kier alpha value is -1.24. The van der Waals surface area contributed by atoms with E-state index < -0.39 is 5.54 Å². The molecule has 16 heavy (non-hydrogen) atoms. The van der Waals surface area contributed by atoms with E-state index in [-0.39, 0.29) is 6.03 Å². The van der Waals surface area contributed by atoms with E-state index in [2.05, 4.69) is 16.7 Å². The number of hydrogen-bond acceptors (Lipinski definition) is 2. The Morgan fingerprint density at radius 1 is 1.19 bits per heavy atom. The van der Waals surface area contributed by atoms with Crippen LogP contribution >= 0.6 is 0 Å². The number of nitriles is 1. The largest absolute Gasteiger partial charge is 0.335 e. The van der Waals surface area contributed by atoms with Crippen LogP contribution in [0.1, 0.15) is 51.4 Å². The maximum absolute atomic E-state index is 11.7. The number of rotatable bonds is 2. The fraction of sp³-hybridized carbons (Fsp3) is 0.833. The number of amides is 2. The first-order valence-corrected chi connectivity index (χ1v) is 6.24. The molecule has 0 spiro atoms. The topological polar surface area (TPSA) is 64.9 Å². The summed E-state index contributed by atoms with van der Waals surface area (Å²) in [5.41, 5.74) is -0.595. The minimum atomic E-state index is -0.595. The second-order valence-corrected chi connectivity index (χ2v) is 4.98. The molecule has 0 radical (unpaired) electrons. The summed E-state index contributed by atoms with van der Waals surface area (Å²) < 4.78 is 0. The average Bonchev–Trinajstić information content (AvgIpc) is 2.90. The molecular formula is C12H19N3O. The van der Waals surface area contributed by atoms with Crippen molar-refractivity contribution in [2.24, 2.45) is 0 Å². The lowest BCUT2D eigenvalue weighted by Gasteiger charge is -2.23. The molecule has 2 N–H and O–H groups in total. The first-order chi connectivity index (χ1) is 7.74. The van der Waals surface area contributed by atoms with Crippen LogP contribution in [0.5, 0.6) is 0 Å². The Morgan fingerprint density at radius 2 is 1.81 bits per heavy atom. The van der Waals surface area contributed by atoms with E-state index in [4.69, 9.17) is 5.26 Å². The van der Waals surface area contributed by atoms with E-state index in [1.165, 1.54) is 12.8 Å². The average molecular weight is 221 g/mol. The van der Waals surface area contributed by atoms with Crippen molar-refractivity contribution < 1.29 is 4.79 Å². The molecule has 0 aliphatic heterocycles. The standard InChI is InChI=1S/C12H19N3O/c13-9-12(7-3-4-8-12)15-11(16)14-10-5-1-2-6-10/h10H,1-8H2,(H2,14,15,16). The number of carbonyl (C=O) groups excluding carboxylic acids is 1. The Labute approximate surface area is 96.4 Å². The highest BCUT2D eigenvalue weighted by molar-refractivity contribution is 5.75. The summed E-state index contributed by atoms with van der Waals surface area (Å²) in [5, 5.41) is 15.0. The van der Waals surface area contributed by atoms with Gasteiger partial charge in [0.2, 0.25) is 0 Å². The Balaban J connectivity index is 1.83. The van der Waals surface area contributed by atoms with E-state index in [1.54, 1.807) is 0 Å². The third-order valence-electron chi connectivity index (χ3n) is 3.71. The summed E-state index contributed by atoms with van der Waals surface area (Å²) in [5.74, 6) is 0. The fourth-order valence-corrected chi connectivity index (χ4v) is 2.75. The molecule has 0 unspecified atom stereocenters. The number of carbonyl (C=O) groups is 1. The third-order valence-corrected chi connectivity index (χ3v) is 3.71. The fourth-order valence-electron chi connectivity index (χ4n) is 2.75. The predicted molar refractivity (Wildman–Crippen MR) is 60.7 cm³/mol. The highest BCUT2D eigenvalue weighted by atomic mass is 16.2. The molecule has 0 aromatic heterocycles. The van der Waals surface area contributed by atoms with Gasteiger partial charge in [0.15, 0.2) is 0 Å². The highest BCUT2D eigenvalue weighted by Crippen LogP contribution is 2.28. The second-order valence-electron chi connectivity index (χ2n) is 4.98. The van der Waals surface area contributed by atoms with Crippen LogP contribution in [0.15, 0.2) is 0 Å². The lowest BCUT2D eigenvalue weighted by molar-refractivity contribution is 0.228. The van der Waals surface area contributed by atoms with Crippen LogP contribution in [-0.4, -0.2) is 17.6 Å². The first-order valence-electron chi connectivity index (χ1n) is 6.24. The summed E-state index contributed by atoms with van der Waals surface area (Å²) in [6, 6.07) is 2.42. The molecule has 0 aromatic carbocycles. The van der Waals surface area contributed by atoms with E-state index >= 15 is 0 Å². The first kappa shape index (κ1) is 11.3. The molecule has 4 nitrogen and oxygen atoms in total. The molecule has 0 bridgehead atoms. The van der Waals surface area contributed by atoms with Crippen LogP contribution in [-0.2, 0) is 0 Å². The molecule has 0 heterocycles. The van der Waals surface area contributed by atoms with Crippen LogP contribution in [0.2, 0.25) is 0 Å². The van der Waals surface area contributed by atoms with Crippen molar-refractivity contribution in [3.05, 3.63) is 0 Å². The van der Waals surface area contributed by atoms with Gasteiger partial charge in [-0.15, -0.1) is 0 Å². The van der Waals surface area contributed by atoms with Crippen molar-refractivity contribution >= 4 is 6.03 Å². The smallest absolute Gasteiger partial charge is 0.316 e. The van der Waals surface area contributed by atoms with E-state index in [1.807, 2.05) is 0 Å². The molecule has 2 fully saturated rings. The maximum Gasteiger partial charge on any atom is 0.316 e. The van der Waals surface area contributed by atoms with E-state index in [9.17, 15) is 4.79 Å². The van der Waals surface area contributed by atoms with Crippen LogP contribution in [0.3, 0.4) is 0 Å². The summed E-state index contributed by atoms with van der Waals surface area (Å²) in [6.45, 7) is 0. The molecule has 2 saturated carbocycles. The van der Waals surface area contributed by atoms with Gasteiger partial charge in [0, 0.05) is 6.04 Å². The maximum atomic E-state index is 11.7. The van der Waals surface area contributed by atoms with Crippen LogP contribution in [0.25, 0.3) is 0 Å². The second kappa shape index (κ2) is 4.73. The lowest BCUT2D eigenvalue weighted by atomic mass is 10.0. The van der Waals surface area contributed by atoms with Crippen molar-refractivity contribution in [3.63, 3.8) is 0 Å². The minimum Gasteiger partial charge on any atom is -0.335 e. The Bertz CT molecular complexity index is 296. The number of urea groups is 1. The number of nitrogens with one attached hydrogen (secondary N) is 2. The van der Waals surface area contributed by atoms with Crippen molar-refractivity contribution in [1.82, 2.24) is 10.6 Å². The van der Waals surface area contributed by atoms with Gasteiger partial charge in [0.25, 0.3) is 0 Å². The molecule has 0 atom stereocenters. The van der Waals surface area contributed by atoms with Crippen LogP contribution in [0, 0.1) is 11.3 Å². The zero-order valence-corrected chi connectivity index (χ0v) is 9.59. The van der Waals surface area contributed by atoms with Gasteiger partial charge in [0.1, 0.15) is 5.54 Å². The molecule has 2 aliphatic carbocycles. The highest BCUT2D eigenvalue weighted by Gasteiger charge is 2.35. The van der Waals surface area contributed by atoms with Gasteiger partial charge in [0.05, 0.1) is 6.07 Å². The molecule has 2 aliphatic rings. The summed E-state index contributed by atoms with van der Waals surface area (Å²) >= 11 is 0. The van der Waals surface area contributed by atoms with Gasteiger partial charge in [-0.2, -0.15) is 5.26 Å². The number of nitrogens with zero attached hydrogens (tertiary/aromatic N) is 1. The normalized spacial score (nSPS) is 23.9. The zero-order valence-electron chi connectivity index (χ0n) is 9.59. The van der Waals surface area contributed by atoms with Crippen LogP contribution in [0.4, 0.5) is 4.79 Å². The quantitative estimate of drug-likeness (QED) is 0.749. The van der Waals surface area contributed by atoms with Gasteiger partial charge in [-0.1, -0.05) is 12.8 Å². The van der Waals surface area contributed by atoms with Crippen molar-refractivity contribution in [2.75, 3.05) is 0 Å². The summed E-state index contributed by atoms with van der Waals surface area (Å²) in [6.07, 6.45) is 8.22. The van der Waals surface area contributed by atoms with Crippen molar-refractivity contribution in [3.8, 4) is 6.07 Å². The van der Waals surface area contributed by atoms with Crippen molar-refractivity contribution in [1.29, 1.82) is 5.26 Å². The molecule has 0 saturated heterocycles. The van der Waals surface area contributed by atoms with Gasteiger partial charge in [-0.3, -0.25) is 0 Å². The number of hydrogen-bond donors (Lipinski definition) is 2. The monoisotopic (exact) mass is 221 g/mol. The molecule has 2 rings (SSSR count). The Kier molecular flexibility index (Phi) is 3.33. The van der Waals surface area contributed by atoms with E-state index in [0.717, 1.165) is 38.5 Å². The van der Waals surface area contributed by atoms with Gasteiger partial charge in [-0.25, -0.2) is 4.79 Å². The van der Waals surface area contributed by atoms with Crippen LogP contribution < -0.4 is 10.6 Å². The van der Waals surface area contributed by atoms with Gasteiger partial charge in [-0.05, 0) is 38.5 Å². The molecular weight excluding hydrogens is 202 g/mol. The Morgan fingerprint density at radius 3 is 2.38 bits per heavy atom. The SMILES string of the molecule is N#CC1(NC(=O)NC2CCCC2)CCCC1. The summed E-state index contributed by atoms with van der Waals surface area (Å²) in [4.78, 5) is 11.7. The van der Waals surface area contributed by atoms with Crippen molar-refractivity contribution in [2.45, 2.75) is 62.9 Å². The summed E-state index contributed by atoms with van der Waals surface area (Å²) in [7, 11) is 0. The van der Waals surface area contributed by atoms with E-state index in [0.29, 0.717) is 6.04 Å². The molecule has 0 aromatic rings. The predicted octanol–water partition coefficient (Wildman–Crippen LogP) is 2.06. The zero-order chi connectivity index (χ0) is 11.4. The lowest BCUT2D eigenvalue weighted by Crippen LogP contribution is -2.51. The van der Waals surface area contributed by atoms with Gasteiger partial charge < -0.3 is 10.6 Å². The molecule has 2 amide bonds.